The van der Waals surface area contributed by atoms with Gasteiger partial charge in [0.05, 0.1) is 15.7 Å². The lowest BCUT2D eigenvalue weighted by atomic mass is 9.95. The van der Waals surface area contributed by atoms with Crippen LogP contribution in [0.25, 0.3) is 0 Å². The fraction of sp³-hybridized carbons (Fsp3) is 0.519. The number of aryl methyl sites for hydroxylation is 1. The van der Waals surface area contributed by atoms with Crippen LogP contribution in [0.1, 0.15) is 52.7 Å². The minimum absolute atomic E-state index is 0.321. The Labute approximate surface area is 204 Å². The van der Waals surface area contributed by atoms with Crippen LogP contribution in [0.2, 0.25) is 16.6 Å². The van der Waals surface area contributed by atoms with E-state index in [9.17, 15) is 9.47 Å². The molecule has 0 saturated heterocycles. The van der Waals surface area contributed by atoms with Crippen LogP contribution < -0.4 is 0 Å². The summed E-state index contributed by atoms with van der Waals surface area (Å²) in [6, 6.07) is 17.9. The predicted octanol–water partition coefficient (Wildman–Crippen LogP) is 6.63. The van der Waals surface area contributed by atoms with Gasteiger partial charge in [-0.05, 0) is 55.8 Å². The summed E-state index contributed by atoms with van der Waals surface area (Å²) in [5, 5.41) is 10.7. The summed E-state index contributed by atoms with van der Waals surface area (Å²) < 4.78 is 20.9. The van der Waals surface area contributed by atoms with E-state index in [2.05, 4.69) is 47.6 Å². The summed E-state index contributed by atoms with van der Waals surface area (Å²) in [5.41, 5.74) is 1.57. The summed E-state index contributed by atoms with van der Waals surface area (Å²) in [5.74, 6) is 0. The van der Waals surface area contributed by atoms with Gasteiger partial charge in [0.1, 0.15) is 6.07 Å². The molecule has 6 heteroatoms. The molecule has 2 atom stereocenters. The van der Waals surface area contributed by atoms with Crippen molar-refractivity contribution in [1.82, 2.24) is 4.90 Å². The van der Waals surface area contributed by atoms with E-state index in [1.165, 1.54) is 0 Å². The van der Waals surface area contributed by atoms with Crippen molar-refractivity contribution < 1.29 is 8.63 Å². The van der Waals surface area contributed by atoms with Crippen molar-refractivity contribution in [1.29, 1.82) is 5.26 Å². The summed E-state index contributed by atoms with van der Waals surface area (Å²) in [7, 11) is 0.0630. The number of likely N-dealkylation sites (N-methyl/N-ethyl adjacent to an activating group) is 1. The van der Waals surface area contributed by atoms with E-state index in [0.29, 0.717) is 33.6 Å². The predicted molar refractivity (Wildman–Crippen MR) is 140 cm³/mol. The monoisotopic (exact) mass is 484 g/mol. The van der Waals surface area contributed by atoms with E-state index < -0.39 is 24.7 Å². The molecular formula is C27H40N2O2SSi. The number of nitrogens with zero attached hydrogens (tertiary/aromatic N) is 2. The molecule has 180 valence electrons. The zero-order valence-corrected chi connectivity index (χ0v) is 23.5. The van der Waals surface area contributed by atoms with E-state index in [0.717, 1.165) is 10.5 Å². The maximum atomic E-state index is 13.7. The average molecular weight is 485 g/mol. The van der Waals surface area contributed by atoms with Crippen LogP contribution in [0.15, 0.2) is 58.3 Å². The van der Waals surface area contributed by atoms with Gasteiger partial charge >= 0.3 is 0 Å². The quantitative estimate of drug-likeness (QED) is 0.355. The van der Waals surface area contributed by atoms with E-state index >= 15 is 0 Å². The van der Waals surface area contributed by atoms with Crippen LogP contribution in [0.5, 0.6) is 0 Å². The molecule has 0 aromatic heterocycles. The maximum absolute atomic E-state index is 13.7. The average Bonchev–Trinajstić information content (AvgIpc) is 2.75. The molecule has 2 aromatic rings. The summed E-state index contributed by atoms with van der Waals surface area (Å²) in [6.07, 6.45) is 0. The smallest absolute Gasteiger partial charge is 0.203 e. The van der Waals surface area contributed by atoms with Gasteiger partial charge < -0.3 is 9.33 Å². The Kier molecular flexibility index (Phi) is 9.23. The van der Waals surface area contributed by atoms with Crippen LogP contribution >= 0.6 is 0 Å². The van der Waals surface area contributed by atoms with Crippen LogP contribution in [-0.2, 0) is 20.8 Å². The lowest BCUT2D eigenvalue weighted by molar-refractivity contribution is 0.0700. The van der Waals surface area contributed by atoms with Gasteiger partial charge in [-0.25, -0.2) is 4.21 Å². The highest BCUT2D eigenvalue weighted by Crippen LogP contribution is 2.47. The normalized spacial score (nSPS) is 15.2. The third-order valence-corrected chi connectivity index (χ3v) is 14.1. The third-order valence-electron chi connectivity index (χ3n) is 6.53. The SMILES string of the molecule is Cc1ccc([S@](=O)c2ccccc2[C@](C#N)(CN(C)C)O[Si](C(C)C)(C(C)C)C(C)C)cc1. The first-order valence-corrected chi connectivity index (χ1v) is 15.0. The first-order valence-electron chi connectivity index (χ1n) is 11.7. The van der Waals surface area contributed by atoms with Gasteiger partial charge in [-0.3, -0.25) is 0 Å². The Morgan fingerprint density at radius 3 is 1.94 bits per heavy atom. The van der Waals surface area contributed by atoms with E-state index in [1.807, 2.05) is 74.4 Å². The maximum Gasteiger partial charge on any atom is 0.203 e. The summed E-state index contributed by atoms with van der Waals surface area (Å²) in [4.78, 5) is 3.36. The molecule has 4 nitrogen and oxygen atoms in total. The molecule has 0 fully saturated rings. The number of benzene rings is 2. The number of nitriles is 1. The second-order valence-electron chi connectivity index (χ2n) is 10.2. The molecular weight excluding hydrogens is 444 g/mol. The lowest BCUT2D eigenvalue weighted by Gasteiger charge is -2.48. The van der Waals surface area contributed by atoms with Gasteiger partial charge in [-0.1, -0.05) is 77.4 Å². The molecule has 0 saturated carbocycles. The third kappa shape index (κ3) is 5.66. The first-order chi connectivity index (χ1) is 15.4. The molecule has 0 amide bonds. The minimum Gasteiger partial charge on any atom is -0.394 e. The summed E-state index contributed by atoms with van der Waals surface area (Å²) in [6.45, 7) is 15.7. The fourth-order valence-electron chi connectivity index (χ4n) is 5.14. The van der Waals surface area contributed by atoms with Crippen molar-refractivity contribution >= 4 is 19.1 Å². The second kappa shape index (κ2) is 11.1. The fourth-order valence-corrected chi connectivity index (χ4v) is 11.9. The summed E-state index contributed by atoms with van der Waals surface area (Å²) >= 11 is 0. The van der Waals surface area contributed by atoms with Gasteiger partial charge in [0.25, 0.3) is 0 Å². The minimum atomic E-state index is -2.43. The zero-order chi connectivity index (χ0) is 25.0. The highest BCUT2D eigenvalue weighted by atomic mass is 32.2. The van der Waals surface area contributed by atoms with Crippen molar-refractivity contribution in [2.75, 3.05) is 20.6 Å². The molecule has 0 spiro atoms. The van der Waals surface area contributed by atoms with Gasteiger partial charge in [0.15, 0.2) is 5.60 Å². The van der Waals surface area contributed by atoms with E-state index in [4.69, 9.17) is 4.43 Å². The largest absolute Gasteiger partial charge is 0.394 e. The standard InChI is InChI=1S/C27H40N2O2SSi/c1-20(2)33(21(3)4,22(5)6)31-27(18-28,19-29(8)9)25-12-10-11-13-26(25)32(30)24-16-14-23(7)15-17-24/h10-17,20-22H,19H2,1-9H3/t27-,32-/m0/s1. The van der Waals surface area contributed by atoms with Crippen molar-refractivity contribution in [2.24, 2.45) is 0 Å². The molecule has 0 unspecified atom stereocenters. The van der Waals surface area contributed by atoms with Gasteiger partial charge in [0.2, 0.25) is 8.32 Å². The lowest BCUT2D eigenvalue weighted by Crippen LogP contribution is -2.55. The molecule has 33 heavy (non-hydrogen) atoms. The highest BCUT2D eigenvalue weighted by Gasteiger charge is 2.52. The van der Waals surface area contributed by atoms with Crippen LogP contribution in [-0.4, -0.2) is 38.1 Å². The Balaban J connectivity index is 2.77. The van der Waals surface area contributed by atoms with Crippen molar-refractivity contribution in [3.63, 3.8) is 0 Å². The molecule has 0 heterocycles. The topological polar surface area (TPSA) is 53.3 Å². The number of hydrogen-bond acceptors (Lipinski definition) is 4. The van der Waals surface area contributed by atoms with E-state index in [1.54, 1.807) is 0 Å². The molecule has 0 aliphatic heterocycles. The van der Waals surface area contributed by atoms with Gasteiger partial charge in [-0.15, -0.1) is 0 Å². The van der Waals surface area contributed by atoms with Gasteiger partial charge in [-0.2, -0.15) is 5.26 Å². The Hall–Kier alpha value is -1.78. The Morgan fingerprint density at radius 2 is 1.48 bits per heavy atom. The Bertz CT molecular complexity index is 974. The molecule has 0 N–H and O–H groups in total. The molecule has 2 aromatic carbocycles. The molecule has 0 radical (unpaired) electrons. The molecule has 0 aliphatic carbocycles. The van der Waals surface area contributed by atoms with Crippen molar-refractivity contribution in [3.8, 4) is 6.07 Å². The number of rotatable bonds is 10. The second-order valence-corrected chi connectivity index (χ2v) is 17.0. The molecule has 0 bridgehead atoms. The molecule has 2 rings (SSSR count). The van der Waals surface area contributed by atoms with Crippen molar-refractivity contribution in [2.45, 2.75) is 80.5 Å². The zero-order valence-electron chi connectivity index (χ0n) is 21.7. The van der Waals surface area contributed by atoms with Gasteiger partial charge in [0, 0.05) is 17.0 Å². The van der Waals surface area contributed by atoms with Crippen molar-refractivity contribution in [3.05, 3.63) is 59.7 Å². The first kappa shape index (κ1) is 27.5. The Morgan fingerprint density at radius 1 is 0.970 bits per heavy atom. The van der Waals surface area contributed by atoms with E-state index in [-0.39, 0.29) is 0 Å². The number of hydrogen-bond donors (Lipinski definition) is 0. The molecule has 0 aliphatic rings. The highest BCUT2D eigenvalue weighted by molar-refractivity contribution is 7.85. The van der Waals surface area contributed by atoms with Crippen LogP contribution in [0.4, 0.5) is 0 Å². The van der Waals surface area contributed by atoms with Crippen LogP contribution in [0.3, 0.4) is 0 Å². The van der Waals surface area contributed by atoms with Crippen LogP contribution in [0, 0.1) is 18.3 Å².